The van der Waals surface area contributed by atoms with Crippen LogP contribution in [0.5, 0.6) is 0 Å². The predicted octanol–water partition coefficient (Wildman–Crippen LogP) is 1.09. The number of benzene rings is 1. The van der Waals surface area contributed by atoms with E-state index in [1.54, 1.807) is 19.1 Å². The molecule has 0 unspecified atom stereocenters. The van der Waals surface area contributed by atoms with Crippen LogP contribution in [0.25, 0.3) is 0 Å². The summed E-state index contributed by atoms with van der Waals surface area (Å²) in [5.41, 5.74) is -0.0671. The Labute approximate surface area is 123 Å². The Balaban J connectivity index is 1.83. The van der Waals surface area contributed by atoms with Crippen molar-refractivity contribution in [1.82, 2.24) is 4.90 Å². The SMILES string of the molecule is C[C@](O)(CNc1ccc([N+](=O)[O-])cc1)CN1CCOCC1. The lowest BCUT2D eigenvalue weighted by molar-refractivity contribution is -0.384. The fourth-order valence-corrected chi connectivity index (χ4v) is 2.29. The van der Waals surface area contributed by atoms with E-state index in [-0.39, 0.29) is 5.69 Å². The van der Waals surface area contributed by atoms with Crippen LogP contribution in [0, 0.1) is 10.1 Å². The number of rotatable bonds is 6. The van der Waals surface area contributed by atoms with Crippen LogP contribution >= 0.6 is 0 Å². The first-order chi connectivity index (χ1) is 9.96. The number of aliphatic hydroxyl groups is 1. The Bertz CT molecular complexity index is 470. The van der Waals surface area contributed by atoms with Crippen molar-refractivity contribution >= 4 is 11.4 Å². The Hall–Kier alpha value is -1.70. The van der Waals surface area contributed by atoms with Crippen LogP contribution in [0.3, 0.4) is 0 Å². The van der Waals surface area contributed by atoms with Crippen molar-refractivity contribution < 1.29 is 14.8 Å². The Morgan fingerprint density at radius 2 is 2.00 bits per heavy atom. The lowest BCUT2D eigenvalue weighted by Gasteiger charge is -2.34. The third-order valence-electron chi connectivity index (χ3n) is 3.42. The number of nitrogens with one attached hydrogen (secondary N) is 1. The molecule has 2 rings (SSSR count). The van der Waals surface area contributed by atoms with E-state index < -0.39 is 10.5 Å². The summed E-state index contributed by atoms with van der Waals surface area (Å²) in [4.78, 5) is 12.3. The van der Waals surface area contributed by atoms with Gasteiger partial charge >= 0.3 is 0 Å². The van der Waals surface area contributed by atoms with Crippen LogP contribution in [-0.4, -0.2) is 59.9 Å². The molecule has 7 heteroatoms. The highest BCUT2D eigenvalue weighted by atomic mass is 16.6. The Morgan fingerprint density at radius 3 is 2.57 bits per heavy atom. The minimum Gasteiger partial charge on any atom is -0.387 e. The van der Waals surface area contributed by atoms with Gasteiger partial charge in [-0.05, 0) is 19.1 Å². The maximum absolute atomic E-state index is 10.6. The average molecular weight is 295 g/mol. The molecule has 1 atom stereocenters. The zero-order chi connectivity index (χ0) is 15.3. The van der Waals surface area contributed by atoms with Crippen LogP contribution < -0.4 is 5.32 Å². The van der Waals surface area contributed by atoms with Crippen molar-refractivity contribution in [2.75, 3.05) is 44.7 Å². The number of ether oxygens (including phenoxy) is 1. The molecule has 0 aromatic heterocycles. The topological polar surface area (TPSA) is 87.9 Å². The fourth-order valence-electron chi connectivity index (χ4n) is 2.29. The Kier molecular flexibility index (Phi) is 5.11. The van der Waals surface area contributed by atoms with Gasteiger partial charge in [-0.25, -0.2) is 0 Å². The number of nitro benzene ring substituents is 1. The van der Waals surface area contributed by atoms with Gasteiger partial charge in [0.05, 0.1) is 23.7 Å². The molecule has 0 amide bonds. The van der Waals surface area contributed by atoms with Gasteiger partial charge < -0.3 is 15.2 Å². The van der Waals surface area contributed by atoms with Gasteiger partial charge in [0.2, 0.25) is 0 Å². The molecular weight excluding hydrogens is 274 g/mol. The zero-order valence-electron chi connectivity index (χ0n) is 12.1. The summed E-state index contributed by atoms with van der Waals surface area (Å²) in [6.45, 7) is 5.78. The summed E-state index contributed by atoms with van der Waals surface area (Å²) in [5.74, 6) is 0. The van der Waals surface area contributed by atoms with Crippen molar-refractivity contribution in [2.45, 2.75) is 12.5 Å². The molecule has 1 aliphatic heterocycles. The van der Waals surface area contributed by atoms with Gasteiger partial charge in [0.25, 0.3) is 5.69 Å². The van der Waals surface area contributed by atoms with Crippen LogP contribution in [0.15, 0.2) is 24.3 Å². The summed E-state index contributed by atoms with van der Waals surface area (Å²) < 4.78 is 5.28. The minimum absolute atomic E-state index is 0.0561. The lowest BCUT2D eigenvalue weighted by atomic mass is 10.1. The molecule has 0 saturated carbocycles. The number of β-amino-alcohol motifs (C(OH)–C–C–N with tert-alkyl or cyclic N) is 1. The molecule has 0 spiro atoms. The molecule has 1 aromatic rings. The highest BCUT2D eigenvalue weighted by Gasteiger charge is 2.25. The molecule has 0 aliphatic carbocycles. The highest BCUT2D eigenvalue weighted by molar-refractivity contribution is 5.48. The van der Waals surface area contributed by atoms with Gasteiger partial charge in [0, 0.05) is 44.0 Å². The molecule has 21 heavy (non-hydrogen) atoms. The molecule has 0 bridgehead atoms. The van der Waals surface area contributed by atoms with Gasteiger partial charge in [-0.3, -0.25) is 15.0 Å². The van der Waals surface area contributed by atoms with Crippen molar-refractivity contribution in [2.24, 2.45) is 0 Å². The third kappa shape index (κ3) is 4.96. The maximum Gasteiger partial charge on any atom is 0.269 e. The standard InChI is InChI=1S/C14H21N3O4/c1-14(18,11-16-6-8-21-9-7-16)10-15-12-2-4-13(5-3-12)17(19)20/h2-5,15,18H,6-11H2,1H3/t14-/m0/s1. The van der Waals surface area contributed by atoms with Gasteiger partial charge in [-0.1, -0.05) is 0 Å². The van der Waals surface area contributed by atoms with E-state index in [2.05, 4.69) is 10.2 Å². The second-order valence-electron chi connectivity index (χ2n) is 5.54. The van der Waals surface area contributed by atoms with Crippen LogP contribution in [-0.2, 0) is 4.74 Å². The summed E-state index contributed by atoms with van der Waals surface area (Å²) >= 11 is 0. The number of nitro groups is 1. The van der Waals surface area contributed by atoms with E-state index in [4.69, 9.17) is 4.74 Å². The number of morpholine rings is 1. The third-order valence-corrected chi connectivity index (χ3v) is 3.42. The summed E-state index contributed by atoms with van der Waals surface area (Å²) in [5, 5.41) is 24.1. The predicted molar refractivity (Wildman–Crippen MR) is 79.5 cm³/mol. The van der Waals surface area contributed by atoms with E-state index in [1.165, 1.54) is 12.1 Å². The number of hydrogen-bond acceptors (Lipinski definition) is 6. The molecule has 1 aromatic carbocycles. The second-order valence-corrected chi connectivity index (χ2v) is 5.54. The number of anilines is 1. The first-order valence-corrected chi connectivity index (χ1v) is 6.97. The van der Waals surface area contributed by atoms with Gasteiger partial charge in [0.15, 0.2) is 0 Å². The van der Waals surface area contributed by atoms with E-state index >= 15 is 0 Å². The van der Waals surface area contributed by atoms with Crippen molar-refractivity contribution in [3.63, 3.8) is 0 Å². The number of nitrogens with zero attached hydrogens (tertiary/aromatic N) is 2. The second kappa shape index (κ2) is 6.84. The first kappa shape index (κ1) is 15.7. The van der Waals surface area contributed by atoms with Crippen LogP contribution in [0.2, 0.25) is 0 Å². The molecule has 7 nitrogen and oxygen atoms in total. The van der Waals surface area contributed by atoms with Crippen molar-refractivity contribution in [3.8, 4) is 0 Å². The summed E-state index contributed by atoms with van der Waals surface area (Å²) in [6, 6.07) is 6.17. The fraction of sp³-hybridized carbons (Fsp3) is 0.571. The van der Waals surface area contributed by atoms with Gasteiger partial charge in [-0.15, -0.1) is 0 Å². The molecule has 1 saturated heterocycles. The molecule has 116 valence electrons. The largest absolute Gasteiger partial charge is 0.387 e. The number of hydrogen-bond donors (Lipinski definition) is 2. The van der Waals surface area contributed by atoms with Crippen LogP contribution in [0.4, 0.5) is 11.4 Å². The molecule has 1 aliphatic rings. The molecule has 0 radical (unpaired) electrons. The van der Waals surface area contributed by atoms with Crippen LogP contribution in [0.1, 0.15) is 6.92 Å². The molecule has 2 N–H and O–H groups in total. The van der Waals surface area contributed by atoms with E-state index in [0.29, 0.717) is 26.3 Å². The number of non-ortho nitro benzene ring substituents is 1. The lowest BCUT2D eigenvalue weighted by Crippen LogP contribution is -2.49. The monoisotopic (exact) mass is 295 g/mol. The van der Waals surface area contributed by atoms with Gasteiger partial charge in [-0.2, -0.15) is 0 Å². The Morgan fingerprint density at radius 1 is 1.38 bits per heavy atom. The molecule has 1 fully saturated rings. The average Bonchev–Trinajstić information content (AvgIpc) is 2.46. The highest BCUT2D eigenvalue weighted by Crippen LogP contribution is 2.17. The first-order valence-electron chi connectivity index (χ1n) is 6.97. The van der Waals surface area contributed by atoms with E-state index in [9.17, 15) is 15.2 Å². The van der Waals surface area contributed by atoms with E-state index in [0.717, 1.165) is 18.8 Å². The van der Waals surface area contributed by atoms with E-state index in [1.807, 2.05) is 0 Å². The van der Waals surface area contributed by atoms with Crippen molar-refractivity contribution in [3.05, 3.63) is 34.4 Å². The maximum atomic E-state index is 10.6. The molecular formula is C14H21N3O4. The summed E-state index contributed by atoms with van der Waals surface area (Å²) in [6.07, 6.45) is 0. The van der Waals surface area contributed by atoms with Crippen molar-refractivity contribution in [1.29, 1.82) is 0 Å². The normalized spacial score (nSPS) is 19.0. The van der Waals surface area contributed by atoms with Gasteiger partial charge in [0.1, 0.15) is 0 Å². The zero-order valence-corrected chi connectivity index (χ0v) is 12.1. The quantitative estimate of drug-likeness (QED) is 0.603. The summed E-state index contributed by atoms with van der Waals surface area (Å²) in [7, 11) is 0. The molecule has 1 heterocycles. The minimum atomic E-state index is -0.876. The smallest absolute Gasteiger partial charge is 0.269 e.